The molecule has 1 fully saturated rings. The fourth-order valence-electron chi connectivity index (χ4n) is 6.27. The van der Waals surface area contributed by atoms with E-state index < -0.39 is 59.3 Å². The smallest absolute Gasteiger partial charge is 0.382 e. The minimum absolute atomic E-state index is 0.00763. The fraction of sp³-hybridized carbons (Fsp3) is 0.390. The van der Waals surface area contributed by atoms with E-state index in [0.717, 1.165) is 23.6 Å². The van der Waals surface area contributed by atoms with E-state index in [1.807, 2.05) is 97.1 Å². The van der Waals surface area contributed by atoms with Gasteiger partial charge in [0.05, 0.1) is 39.6 Å². The molecule has 0 bridgehead atoms. The summed E-state index contributed by atoms with van der Waals surface area (Å²) in [4.78, 5) is 23.9. The Morgan fingerprint density at radius 1 is 0.717 bits per heavy atom. The molecular formula is C41H45F2NO9. The minimum atomic E-state index is -4.03. The summed E-state index contributed by atoms with van der Waals surface area (Å²) in [5, 5.41) is 12.1. The van der Waals surface area contributed by atoms with E-state index >= 15 is 8.78 Å². The topological polar surface area (TPSA) is 116 Å². The molecule has 7 atom stereocenters. The summed E-state index contributed by atoms with van der Waals surface area (Å²) >= 11 is 0. The van der Waals surface area contributed by atoms with Crippen LogP contribution in [0.25, 0.3) is 0 Å². The van der Waals surface area contributed by atoms with E-state index in [1.165, 1.54) is 6.92 Å². The second-order valence-electron chi connectivity index (χ2n) is 12.8. The molecule has 1 aliphatic heterocycles. The van der Waals surface area contributed by atoms with Gasteiger partial charge in [0.1, 0.15) is 30.3 Å². The summed E-state index contributed by atoms with van der Waals surface area (Å²) in [6.45, 7) is 2.11. The monoisotopic (exact) mass is 733 g/mol. The Kier molecular flexibility index (Phi) is 14.6. The standard InChI is InChI=1S/C41H45F2NO9/c1-3-49-40(45)35(44(46)47)29(2)41(42,43)39-38(52-27-33-22-14-7-15-23-33)37(51-26-32-20-12-6-13-21-32)36(50-25-31-18-10-5-11-19-31)34(53-39)28-48-24-30-16-8-4-9-17-30/h4-23,29,34-39H,3,24-28H2,1-2H3/t29?,34-,35?,36+,37+,38-,39+/m1/s1. The highest BCUT2D eigenvalue weighted by atomic mass is 19.3. The van der Waals surface area contributed by atoms with Crippen LogP contribution in [-0.4, -0.2) is 66.6 Å². The second kappa shape index (κ2) is 19.5. The maximum Gasteiger partial charge on any atom is 0.382 e. The Morgan fingerprint density at radius 2 is 1.13 bits per heavy atom. The van der Waals surface area contributed by atoms with E-state index in [-0.39, 0.29) is 39.6 Å². The van der Waals surface area contributed by atoms with Crippen LogP contribution in [0.1, 0.15) is 36.1 Å². The predicted molar refractivity (Wildman–Crippen MR) is 191 cm³/mol. The Bertz CT molecular complexity index is 1690. The number of alkyl halides is 2. The van der Waals surface area contributed by atoms with Crippen LogP contribution in [0.2, 0.25) is 0 Å². The molecule has 1 heterocycles. The normalized spacial score (nSPS) is 21.4. The number of halogens is 2. The van der Waals surface area contributed by atoms with Crippen LogP contribution in [-0.2, 0) is 59.6 Å². The molecule has 282 valence electrons. The molecule has 0 aromatic heterocycles. The molecule has 1 aliphatic rings. The summed E-state index contributed by atoms with van der Waals surface area (Å²) in [5.74, 6) is -7.57. The minimum Gasteiger partial charge on any atom is -0.461 e. The first-order valence-electron chi connectivity index (χ1n) is 17.6. The van der Waals surface area contributed by atoms with E-state index in [9.17, 15) is 14.9 Å². The van der Waals surface area contributed by atoms with Crippen molar-refractivity contribution < 1.29 is 46.9 Å². The number of esters is 1. The maximum atomic E-state index is 17.1. The van der Waals surface area contributed by atoms with Gasteiger partial charge in [0, 0.05) is 4.92 Å². The van der Waals surface area contributed by atoms with Crippen LogP contribution in [0.15, 0.2) is 121 Å². The average molecular weight is 734 g/mol. The van der Waals surface area contributed by atoms with Crippen molar-refractivity contribution in [1.29, 1.82) is 0 Å². The zero-order valence-electron chi connectivity index (χ0n) is 29.7. The molecular weight excluding hydrogens is 688 g/mol. The van der Waals surface area contributed by atoms with Gasteiger partial charge in [0.25, 0.3) is 5.92 Å². The van der Waals surface area contributed by atoms with Crippen molar-refractivity contribution in [3.63, 3.8) is 0 Å². The summed E-state index contributed by atoms with van der Waals surface area (Å²) in [5.41, 5.74) is 3.13. The predicted octanol–water partition coefficient (Wildman–Crippen LogP) is 7.21. The third kappa shape index (κ3) is 10.7. The fourth-order valence-corrected chi connectivity index (χ4v) is 6.27. The van der Waals surface area contributed by atoms with Crippen molar-refractivity contribution >= 4 is 5.97 Å². The highest BCUT2D eigenvalue weighted by molar-refractivity contribution is 5.74. The third-order valence-electron chi connectivity index (χ3n) is 9.10. The van der Waals surface area contributed by atoms with Gasteiger partial charge < -0.3 is 28.4 Å². The zero-order valence-corrected chi connectivity index (χ0v) is 29.7. The van der Waals surface area contributed by atoms with Crippen LogP contribution in [0.4, 0.5) is 8.78 Å². The lowest BCUT2D eigenvalue weighted by molar-refractivity contribution is -0.527. The van der Waals surface area contributed by atoms with Crippen molar-refractivity contribution in [2.24, 2.45) is 5.92 Å². The lowest BCUT2D eigenvalue weighted by atomic mass is 9.83. The van der Waals surface area contributed by atoms with Gasteiger partial charge >= 0.3 is 12.0 Å². The summed E-state index contributed by atoms with van der Waals surface area (Å²) in [7, 11) is 0. The van der Waals surface area contributed by atoms with Gasteiger partial charge in [-0.1, -0.05) is 121 Å². The molecule has 0 aliphatic carbocycles. The van der Waals surface area contributed by atoms with E-state index in [1.54, 1.807) is 24.3 Å². The number of carbonyl (C=O) groups is 1. The lowest BCUT2D eigenvalue weighted by Crippen LogP contribution is -2.67. The van der Waals surface area contributed by atoms with Gasteiger partial charge in [0.15, 0.2) is 6.10 Å². The van der Waals surface area contributed by atoms with Crippen LogP contribution in [0, 0.1) is 16.0 Å². The molecule has 12 heteroatoms. The van der Waals surface area contributed by atoms with Crippen LogP contribution < -0.4 is 0 Å². The largest absolute Gasteiger partial charge is 0.461 e. The van der Waals surface area contributed by atoms with Crippen molar-refractivity contribution in [1.82, 2.24) is 0 Å². The van der Waals surface area contributed by atoms with Crippen molar-refractivity contribution in [2.45, 2.75) is 82.8 Å². The lowest BCUT2D eigenvalue weighted by Gasteiger charge is -2.49. The maximum absolute atomic E-state index is 17.1. The first-order chi connectivity index (χ1) is 25.7. The van der Waals surface area contributed by atoms with Crippen LogP contribution >= 0.6 is 0 Å². The molecule has 0 saturated carbocycles. The highest BCUT2D eigenvalue weighted by Gasteiger charge is 2.63. The number of nitro groups is 1. The Hall–Kier alpha value is -4.59. The van der Waals surface area contributed by atoms with Gasteiger partial charge in [-0.2, -0.15) is 0 Å². The quantitative estimate of drug-likeness (QED) is 0.0560. The van der Waals surface area contributed by atoms with Crippen LogP contribution in [0.3, 0.4) is 0 Å². The van der Waals surface area contributed by atoms with Crippen LogP contribution in [0.5, 0.6) is 0 Å². The highest BCUT2D eigenvalue weighted by Crippen LogP contribution is 2.42. The zero-order chi connectivity index (χ0) is 37.6. The molecule has 0 N–H and O–H groups in total. The molecule has 5 rings (SSSR count). The Morgan fingerprint density at radius 3 is 1.57 bits per heavy atom. The van der Waals surface area contributed by atoms with E-state index in [4.69, 9.17) is 28.4 Å². The van der Waals surface area contributed by atoms with Gasteiger partial charge in [-0.25, -0.2) is 13.6 Å². The van der Waals surface area contributed by atoms with Crippen molar-refractivity contribution in [2.75, 3.05) is 13.2 Å². The van der Waals surface area contributed by atoms with Gasteiger partial charge in [-0.15, -0.1) is 0 Å². The van der Waals surface area contributed by atoms with Gasteiger partial charge in [0.2, 0.25) is 0 Å². The SMILES string of the molecule is CCOC(=O)C(C(C)C(F)(F)[C@H]1O[C@H](COCc2ccccc2)[C@H](OCc2ccccc2)[C@H](OCc2ccccc2)[C@H]1OCc1ccccc1)[N+](=O)[O-]. The third-order valence-corrected chi connectivity index (χ3v) is 9.10. The molecule has 1 saturated heterocycles. The summed E-state index contributed by atoms with van der Waals surface area (Å²) < 4.78 is 70.8. The molecule has 4 aromatic rings. The number of rotatable bonds is 19. The molecule has 53 heavy (non-hydrogen) atoms. The van der Waals surface area contributed by atoms with Gasteiger partial charge in [-0.05, 0) is 36.1 Å². The number of ether oxygens (including phenoxy) is 6. The molecule has 4 aromatic carbocycles. The molecule has 0 amide bonds. The molecule has 2 unspecified atom stereocenters. The van der Waals surface area contributed by atoms with Crippen molar-refractivity contribution in [3.05, 3.63) is 154 Å². The first-order valence-corrected chi connectivity index (χ1v) is 17.6. The Balaban J connectivity index is 1.56. The van der Waals surface area contributed by atoms with Gasteiger partial charge in [-0.3, -0.25) is 10.1 Å². The Labute approximate surface area is 308 Å². The first kappa shape index (κ1) is 39.6. The number of hydrogen-bond donors (Lipinski definition) is 0. The summed E-state index contributed by atoms with van der Waals surface area (Å²) in [6.07, 6.45) is -7.02. The molecule has 10 nitrogen and oxygen atoms in total. The number of carbonyl (C=O) groups excluding carboxylic acids is 1. The number of nitrogens with zero attached hydrogens (tertiary/aromatic N) is 1. The average Bonchev–Trinajstić information content (AvgIpc) is 3.17. The number of benzene rings is 4. The number of hydrogen-bond acceptors (Lipinski definition) is 9. The van der Waals surface area contributed by atoms with E-state index in [2.05, 4.69) is 0 Å². The van der Waals surface area contributed by atoms with Crippen molar-refractivity contribution in [3.8, 4) is 0 Å². The molecule has 0 radical (unpaired) electrons. The van der Waals surface area contributed by atoms with E-state index in [0.29, 0.717) is 5.56 Å². The summed E-state index contributed by atoms with van der Waals surface area (Å²) in [6, 6.07) is 34.5. The molecule has 0 spiro atoms. The second-order valence-corrected chi connectivity index (χ2v) is 12.8.